The fourth-order valence-electron chi connectivity index (χ4n) is 3.65. The van der Waals surface area contributed by atoms with E-state index in [1.165, 1.54) is 0 Å². The number of esters is 1. The van der Waals surface area contributed by atoms with Crippen molar-refractivity contribution in [3.63, 3.8) is 0 Å². The molecular weight excluding hydrogens is 410 g/mol. The second-order valence-electron chi connectivity index (χ2n) is 7.15. The van der Waals surface area contributed by atoms with Crippen LogP contribution in [0, 0.1) is 0 Å². The molecule has 7 heteroatoms. The highest BCUT2D eigenvalue weighted by Crippen LogP contribution is 2.48. The topological polar surface area (TPSA) is 75.3 Å². The number of amides is 1. The summed E-state index contributed by atoms with van der Waals surface area (Å²) < 4.78 is 5.69. The number of ether oxygens (including phenoxy) is 1. The third kappa shape index (κ3) is 3.47. The average Bonchev–Trinajstić information content (AvgIpc) is 3.28. The molecule has 1 aliphatic heterocycles. The Morgan fingerprint density at radius 1 is 1.03 bits per heavy atom. The summed E-state index contributed by atoms with van der Waals surface area (Å²) in [7, 11) is 0. The molecule has 1 atom stereocenters. The van der Waals surface area contributed by atoms with Gasteiger partial charge in [-0.3, -0.25) is 9.69 Å². The molecule has 0 saturated carbocycles. The molecule has 4 aromatic rings. The lowest BCUT2D eigenvalue weighted by Crippen LogP contribution is -2.39. The molecule has 6 nitrogen and oxygen atoms in total. The van der Waals surface area contributed by atoms with E-state index in [2.05, 4.69) is 9.97 Å². The minimum Gasteiger partial charge on any atom is -0.449 e. The number of para-hydroxylation sites is 2. The maximum atomic E-state index is 13.6. The molecule has 2 heterocycles. The van der Waals surface area contributed by atoms with E-state index < -0.39 is 12.1 Å². The quantitative estimate of drug-likeness (QED) is 0.444. The summed E-state index contributed by atoms with van der Waals surface area (Å²) >= 11 is 1.62. The van der Waals surface area contributed by atoms with Crippen LogP contribution in [0.1, 0.15) is 23.7 Å². The maximum absolute atomic E-state index is 13.6. The van der Waals surface area contributed by atoms with Crippen molar-refractivity contribution in [3.05, 3.63) is 78.6 Å². The fourth-order valence-corrected chi connectivity index (χ4v) is 4.71. The van der Waals surface area contributed by atoms with Crippen LogP contribution in [0.3, 0.4) is 0 Å². The summed E-state index contributed by atoms with van der Waals surface area (Å²) in [4.78, 5) is 37.2. The number of aromatic amines is 1. The van der Waals surface area contributed by atoms with Gasteiger partial charge in [-0.15, -0.1) is 0 Å². The number of carbonyl (C=O) groups is 2. The van der Waals surface area contributed by atoms with Crippen molar-refractivity contribution in [2.24, 2.45) is 0 Å². The molecule has 0 spiro atoms. The van der Waals surface area contributed by atoms with Crippen molar-refractivity contribution in [2.75, 3.05) is 4.90 Å². The van der Waals surface area contributed by atoms with E-state index in [0.29, 0.717) is 12.0 Å². The van der Waals surface area contributed by atoms with Gasteiger partial charge in [-0.1, -0.05) is 43.0 Å². The van der Waals surface area contributed by atoms with Crippen molar-refractivity contribution in [2.45, 2.75) is 29.2 Å². The lowest BCUT2D eigenvalue weighted by Gasteiger charge is -2.33. The Labute approximate surface area is 183 Å². The van der Waals surface area contributed by atoms with Gasteiger partial charge in [0.1, 0.15) is 0 Å². The van der Waals surface area contributed by atoms with E-state index in [1.807, 2.05) is 55.5 Å². The van der Waals surface area contributed by atoms with Gasteiger partial charge in [0.2, 0.25) is 0 Å². The maximum Gasteiger partial charge on any atom is 0.338 e. The SMILES string of the molecule is CCC(OC(=O)c1ccc2nc[nH]c2c1)C(=O)N1c2ccccc2Sc2ccccc21. The Kier molecular flexibility index (Phi) is 4.95. The lowest BCUT2D eigenvalue weighted by atomic mass is 10.1. The highest BCUT2D eigenvalue weighted by molar-refractivity contribution is 7.99. The third-order valence-corrected chi connectivity index (χ3v) is 6.33. The van der Waals surface area contributed by atoms with Crippen LogP contribution >= 0.6 is 11.8 Å². The molecule has 0 saturated heterocycles. The summed E-state index contributed by atoms with van der Waals surface area (Å²) in [6.45, 7) is 1.84. The molecule has 1 aliphatic rings. The van der Waals surface area contributed by atoms with Crippen molar-refractivity contribution >= 4 is 46.0 Å². The first-order valence-corrected chi connectivity index (χ1v) is 10.8. The number of fused-ring (bicyclic) bond motifs is 3. The minimum atomic E-state index is -0.908. The van der Waals surface area contributed by atoms with E-state index >= 15 is 0 Å². The largest absolute Gasteiger partial charge is 0.449 e. The normalized spacial score (nSPS) is 13.4. The van der Waals surface area contributed by atoms with Gasteiger partial charge >= 0.3 is 5.97 Å². The third-order valence-electron chi connectivity index (χ3n) is 5.20. The smallest absolute Gasteiger partial charge is 0.338 e. The number of nitrogens with zero attached hydrogens (tertiary/aromatic N) is 2. The van der Waals surface area contributed by atoms with Gasteiger partial charge in [-0.2, -0.15) is 0 Å². The van der Waals surface area contributed by atoms with Crippen LogP contribution in [0.2, 0.25) is 0 Å². The molecule has 154 valence electrons. The average molecular weight is 430 g/mol. The first-order chi connectivity index (χ1) is 15.2. The number of anilines is 2. The molecule has 1 amide bonds. The Morgan fingerprint density at radius 3 is 2.39 bits per heavy atom. The summed E-state index contributed by atoms with van der Waals surface area (Å²) in [6, 6.07) is 20.6. The van der Waals surface area contributed by atoms with Crippen LogP contribution in [0.15, 0.2) is 82.8 Å². The number of imidazole rings is 1. The number of benzene rings is 3. The van der Waals surface area contributed by atoms with Gasteiger partial charge in [0.15, 0.2) is 6.10 Å². The van der Waals surface area contributed by atoms with Gasteiger partial charge in [0, 0.05) is 9.79 Å². The number of H-pyrrole nitrogens is 1. The van der Waals surface area contributed by atoms with Gasteiger partial charge in [0.05, 0.1) is 34.3 Å². The van der Waals surface area contributed by atoms with E-state index in [1.54, 1.807) is 41.2 Å². The molecule has 5 rings (SSSR count). The Bertz CT molecular complexity index is 1250. The Morgan fingerprint density at radius 2 is 1.71 bits per heavy atom. The predicted octanol–water partition coefficient (Wildman–Crippen LogP) is 5.33. The molecule has 0 aliphatic carbocycles. The van der Waals surface area contributed by atoms with Gasteiger partial charge < -0.3 is 9.72 Å². The molecule has 31 heavy (non-hydrogen) atoms. The Hall–Kier alpha value is -3.58. The second-order valence-corrected chi connectivity index (χ2v) is 8.23. The van der Waals surface area contributed by atoms with Gasteiger partial charge in [0.25, 0.3) is 5.91 Å². The standard InChI is InChI=1S/C24H19N3O3S/c1-2-20(30-24(29)15-11-12-16-17(13-15)26-14-25-16)23(28)27-18-7-3-5-9-21(18)31-22-10-6-4-8-19(22)27/h3-14,20H,2H2,1H3,(H,25,26). The molecule has 0 bridgehead atoms. The lowest BCUT2D eigenvalue weighted by molar-refractivity contribution is -0.126. The van der Waals surface area contributed by atoms with E-state index in [9.17, 15) is 9.59 Å². The zero-order valence-electron chi connectivity index (χ0n) is 16.7. The van der Waals surface area contributed by atoms with E-state index in [-0.39, 0.29) is 5.91 Å². The molecule has 3 aromatic carbocycles. The monoisotopic (exact) mass is 429 g/mol. The zero-order valence-corrected chi connectivity index (χ0v) is 17.6. The van der Waals surface area contributed by atoms with Crippen LogP contribution in [-0.4, -0.2) is 27.9 Å². The number of aromatic nitrogens is 2. The number of hydrogen-bond acceptors (Lipinski definition) is 5. The van der Waals surface area contributed by atoms with Crippen LogP contribution in [-0.2, 0) is 9.53 Å². The van der Waals surface area contributed by atoms with E-state index in [4.69, 9.17) is 4.74 Å². The molecule has 0 radical (unpaired) electrons. The number of carbonyl (C=O) groups excluding carboxylic acids is 2. The minimum absolute atomic E-state index is 0.265. The summed E-state index contributed by atoms with van der Waals surface area (Å²) in [5.41, 5.74) is 3.47. The van der Waals surface area contributed by atoms with Crippen LogP contribution in [0.4, 0.5) is 11.4 Å². The summed E-state index contributed by atoms with van der Waals surface area (Å²) in [5, 5.41) is 0. The van der Waals surface area contributed by atoms with Gasteiger partial charge in [-0.25, -0.2) is 9.78 Å². The molecular formula is C24H19N3O3S. The van der Waals surface area contributed by atoms with Crippen molar-refractivity contribution < 1.29 is 14.3 Å². The number of nitrogens with one attached hydrogen (secondary N) is 1. The van der Waals surface area contributed by atoms with Crippen LogP contribution < -0.4 is 4.90 Å². The van der Waals surface area contributed by atoms with Crippen molar-refractivity contribution in [3.8, 4) is 0 Å². The van der Waals surface area contributed by atoms with Crippen molar-refractivity contribution in [1.82, 2.24) is 9.97 Å². The van der Waals surface area contributed by atoms with Crippen LogP contribution in [0.5, 0.6) is 0 Å². The van der Waals surface area contributed by atoms with Crippen molar-refractivity contribution in [1.29, 1.82) is 0 Å². The Balaban J connectivity index is 1.46. The zero-order chi connectivity index (χ0) is 21.4. The highest BCUT2D eigenvalue weighted by Gasteiger charge is 2.33. The summed E-state index contributed by atoms with van der Waals surface area (Å²) in [5.74, 6) is -0.802. The molecule has 1 unspecified atom stereocenters. The molecule has 0 fully saturated rings. The first-order valence-electron chi connectivity index (χ1n) is 9.99. The number of hydrogen-bond donors (Lipinski definition) is 1. The van der Waals surface area contributed by atoms with Crippen LogP contribution in [0.25, 0.3) is 11.0 Å². The highest BCUT2D eigenvalue weighted by atomic mass is 32.2. The number of rotatable bonds is 4. The van der Waals surface area contributed by atoms with Gasteiger partial charge in [-0.05, 0) is 48.9 Å². The fraction of sp³-hybridized carbons (Fsp3) is 0.125. The summed E-state index contributed by atoms with van der Waals surface area (Å²) in [6.07, 6.45) is 1.03. The van der Waals surface area contributed by atoms with E-state index in [0.717, 1.165) is 32.2 Å². The second kappa shape index (κ2) is 7.92. The predicted molar refractivity (Wildman–Crippen MR) is 120 cm³/mol. The molecule has 1 aromatic heterocycles. The molecule has 1 N–H and O–H groups in total. The first kappa shape index (κ1) is 19.4.